The van der Waals surface area contributed by atoms with E-state index in [1.807, 2.05) is 13.0 Å². The summed E-state index contributed by atoms with van der Waals surface area (Å²) >= 11 is 0. The van der Waals surface area contributed by atoms with Crippen LogP contribution in [0.2, 0.25) is 0 Å². The van der Waals surface area contributed by atoms with E-state index in [0.29, 0.717) is 5.56 Å². The summed E-state index contributed by atoms with van der Waals surface area (Å²) in [6, 6.07) is 12.1. The molecule has 0 aliphatic carbocycles. The molecule has 1 N–H and O–H groups in total. The van der Waals surface area contributed by atoms with Crippen LogP contribution in [-0.2, 0) is 13.0 Å². The van der Waals surface area contributed by atoms with Gasteiger partial charge in [-0.1, -0.05) is 38.1 Å². The molecule has 2 aromatic rings. The van der Waals surface area contributed by atoms with E-state index in [-0.39, 0.29) is 18.2 Å². The highest BCUT2D eigenvalue weighted by atomic mass is 16.3. The second kappa shape index (κ2) is 6.72. The van der Waals surface area contributed by atoms with E-state index in [9.17, 15) is 9.90 Å². The van der Waals surface area contributed by atoms with E-state index in [4.69, 9.17) is 0 Å². The molecule has 1 aromatic carbocycles. The topological polar surface area (TPSA) is 42.2 Å². The molecule has 0 saturated carbocycles. The van der Waals surface area contributed by atoms with E-state index >= 15 is 0 Å². The summed E-state index contributed by atoms with van der Waals surface area (Å²) in [4.78, 5) is 12.5. The number of aromatic nitrogens is 1. The van der Waals surface area contributed by atoms with Crippen molar-refractivity contribution >= 4 is 0 Å². The lowest BCUT2D eigenvalue weighted by Gasteiger charge is -2.20. The molecule has 0 aliphatic heterocycles. The molecular weight excluding hydrogens is 262 g/mol. The van der Waals surface area contributed by atoms with Crippen molar-refractivity contribution in [3.8, 4) is 11.3 Å². The maximum absolute atomic E-state index is 12.5. The fourth-order valence-corrected chi connectivity index (χ4v) is 2.48. The Morgan fingerprint density at radius 3 is 2.29 bits per heavy atom. The van der Waals surface area contributed by atoms with Gasteiger partial charge in [0.2, 0.25) is 0 Å². The molecule has 0 spiro atoms. The molecule has 0 bridgehead atoms. The SMILES string of the molecule is CCc1ccc(-c2ccc(CO)c(=O)n2C(C)CC)cc1. The Morgan fingerprint density at radius 2 is 1.76 bits per heavy atom. The minimum Gasteiger partial charge on any atom is -0.391 e. The van der Waals surface area contributed by atoms with Crippen molar-refractivity contribution in [3.05, 3.63) is 57.9 Å². The molecule has 0 saturated heterocycles. The van der Waals surface area contributed by atoms with Gasteiger partial charge in [-0.25, -0.2) is 0 Å². The highest BCUT2D eigenvalue weighted by Crippen LogP contribution is 2.23. The quantitative estimate of drug-likeness (QED) is 0.913. The van der Waals surface area contributed by atoms with Crippen molar-refractivity contribution in [2.45, 2.75) is 46.3 Å². The first kappa shape index (κ1) is 15.5. The standard InChI is InChI=1S/C18H23NO2/c1-4-13(3)19-17(11-10-16(12-20)18(19)21)15-8-6-14(5-2)7-9-15/h6-11,13,20H,4-5,12H2,1-3H3. The predicted octanol–water partition coefficient (Wildman–Crippen LogP) is 3.54. The first-order chi connectivity index (χ1) is 10.1. The molecule has 1 heterocycles. The van der Waals surface area contributed by atoms with Crippen LogP contribution in [0.15, 0.2) is 41.2 Å². The van der Waals surface area contributed by atoms with E-state index in [2.05, 4.69) is 38.1 Å². The average molecular weight is 285 g/mol. The van der Waals surface area contributed by atoms with Gasteiger partial charge in [-0.15, -0.1) is 0 Å². The second-order valence-electron chi connectivity index (χ2n) is 5.38. The van der Waals surface area contributed by atoms with Crippen LogP contribution in [0.1, 0.15) is 44.4 Å². The van der Waals surface area contributed by atoms with Gasteiger partial charge in [-0.2, -0.15) is 0 Å². The van der Waals surface area contributed by atoms with Gasteiger partial charge in [-0.3, -0.25) is 4.79 Å². The zero-order chi connectivity index (χ0) is 15.4. The van der Waals surface area contributed by atoms with Gasteiger partial charge in [0.25, 0.3) is 5.56 Å². The van der Waals surface area contributed by atoms with Crippen LogP contribution < -0.4 is 5.56 Å². The molecular formula is C18H23NO2. The van der Waals surface area contributed by atoms with Gasteiger partial charge in [0.15, 0.2) is 0 Å². The third-order valence-corrected chi connectivity index (χ3v) is 4.06. The normalized spacial score (nSPS) is 12.4. The van der Waals surface area contributed by atoms with Gasteiger partial charge in [0.1, 0.15) is 0 Å². The van der Waals surface area contributed by atoms with Gasteiger partial charge in [-0.05, 0) is 43.0 Å². The fourth-order valence-electron chi connectivity index (χ4n) is 2.48. The first-order valence-electron chi connectivity index (χ1n) is 7.56. The van der Waals surface area contributed by atoms with Crippen LogP contribution in [0.5, 0.6) is 0 Å². The van der Waals surface area contributed by atoms with E-state index in [1.54, 1.807) is 10.6 Å². The minimum atomic E-state index is -0.218. The zero-order valence-electron chi connectivity index (χ0n) is 13.0. The van der Waals surface area contributed by atoms with Gasteiger partial charge < -0.3 is 9.67 Å². The summed E-state index contributed by atoms with van der Waals surface area (Å²) in [7, 11) is 0. The Labute approximate surface area is 125 Å². The maximum atomic E-state index is 12.5. The number of aliphatic hydroxyl groups is 1. The van der Waals surface area contributed by atoms with Crippen LogP contribution in [0.3, 0.4) is 0 Å². The molecule has 3 nitrogen and oxygen atoms in total. The molecule has 1 unspecified atom stereocenters. The van der Waals surface area contributed by atoms with Crippen molar-refractivity contribution in [2.24, 2.45) is 0 Å². The largest absolute Gasteiger partial charge is 0.391 e. The Balaban J connectivity index is 2.61. The Morgan fingerprint density at radius 1 is 1.10 bits per heavy atom. The summed E-state index contributed by atoms with van der Waals surface area (Å²) in [5, 5.41) is 9.31. The third kappa shape index (κ3) is 3.08. The molecule has 0 radical (unpaired) electrons. The highest BCUT2D eigenvalue weighted by molar-refractivity contribution is 5.60. The number of hydrogen-bond acceptors (Lipinski definition) is 2. The number of aryl methyl sites for hydroxylation is 1. The summed E-state index contributed by atoms with van der Waals surface area (Å²) in [6.07, 6.45) is 1.87. The summed E-state index contributed by atoms with van der Waals surface area (Å²) in [5.41, 5.74) is 3.58. The molecule has 0 aliphatic rings. The van der Waals surface area contributed by atoms with Gasteiger partial charge in [0.05, 0.1) is 12.3 Å². The Hall–Kier alpha value is -1.87. The Bertz CT molecular complexity index is 656. The van der Waals surface area contributed by atoms with Crippen molar-refractivity contribution in [1.29, 1.82) is 0 Å². The molecule has 1 atom stereocenters. The summed E-state index contributed by atoms with van der Waals surface area (Å²) < 4.78 is 1.80. The minimum absolute atomic E-state index is 0.0936. The molecule has 3 heteroatoms. The highest BCUT2D eigenvalue weighted by Gasteiger charge is 2.14. The van der Waals surface area contributed by atoms with Crippen molar-refractivity contribution in [1.82, 2.24) is 4.57 Å². The van der Waals surface area contributed by atoms with Crippen LogP contribution in [-0.4, -0.2) is 9.67 Å². The van der Waals surface area contributed by atoms with E-state index < -0.39 is 0 Å². The summed E-state index contributed by atoms with van der Waals surface area (Å²) in [5.74, 6) is 0. The molecule has 2 rings (SSSR count). The van der Waals surface area contributed by atoms with Crippen LogP contribution in [0, 0.1) is 0 Å². The molecule has 112 valence electrons. The zero-order valence-corrected chi connectivity index (χ0v) is 13.0. The van der Waals surface area contributed by atoms with Gasteiger partial charge >= 0.3 is 0 Å². The third-order valence-electron chi connectivity index (χ3n) is 4.06. The summed E-state index contributed by atoms with van der Waals surface area (Å²) in [6.45, 7) is 6.00. The van der Waals surface area contributed by atoms with Crippen molar-refractivity contribution in [2.75, 3.05) is 0 Å². The van der Waals surface area contributed by atoms with Crippen LogP contribution in [0.25, 0.3) is 11.3 Å². The smallest absolute Gasteiger partial charge is 0.256 e. The lowest BCUT2D eigenvalue weighted by molar-refractivity contribution is 0.278. The van der Waals surface area contributed by atoms with Crippen LogP contribution >= 0.6 is 0 Å². The maximum Gasteiger partial charge on any atom is 0.256 e. The number of benzene rings is 1. The first-order valence-corrected chi connectivity index (χ1v) is 7.56. The van der Waals surface area contributed by atoms with Crippen molar-refractivity contribution in [3.63, 3.8) is 0 Å². The monoisotopic (exact) mass is 285 g/mol. The number of rotatable bonds is 5. The lowest BCUT2D eigenvalue weighted by Crippen LogP contribution is -2.27. The molecule has 0 fully saturated rings. The lowest BCUT2D eigenvalue weighted by atomic mass is 10.0. The Kier molecular flexibility index (Phi) is 4.97. The second-order valence-corrected chi connectivity index (χ2v) is 5.38. The number of aliphatic hydroxyl groups excluding tert-OH is 1. The van der Waals surface area contributed by atoms with E-state index in [0.717, 1.165) is 24.1 Å². The fraction of sp³-hybridized carbons (Fsp3) is 0.389. The number of hydrogen-bond donors (Lipinski definition) is 1. The van der Waals surface area contributed by atoms with Gasteiger partial charge in [0, 0.05) is 11.6 Å². The average Bonchev–Trinajstić information content (AvgIpc) is 2.54. The molecule has 1 aromatic heterocycles. The predicted molar refractivity (Wildman–Crippen MR) is 86.4 cm³/mol. The molecule has 0 amide bonds. The van der Waals surface area contributed by atoms with E-state index in [1.165, 1.54) is 5.56 Å². The van der Waals surface area contributed by atoms with Crippen LogP contribution in [0.4, 0.5) is 0 Å². The van der Waals surface area contributed by atoms with Crippen molar-refractivity contribution < 1.29 is 5.11 Å². The number of nitrogens with zero attached hydrogens (tertiary/aromatic N) is 1. The molecule has 21 heavy (non-hydrogen) atoms. The number of pyridine rings is 1.